The van der Waals surface area contributed by atoms with Crippen molar-refractivity contribution in [3.63, 3.8) is 0 Å². The standard InChI is InChI=1S/C23H24N4O6/c1-23(2,3)33-22(32)26-10-16(28)25-11-17(29)27-15-9-8-14(24)18-19(15)21(31)13-7-5-4-6-12(13)20(18)30/h4-9H,10-11,24H2,1-3H3,(H,25,28)(H,26,32)(H,27,29). The van der Waals surface area contributed by atoms with Gasteiger partial charge in [0, 0.05) is 16.8 Å². The molecule has 1 aliphatic rings. The quantitative estimate of drug-likeness (QED) is 0.429. The van der Waals surface area contributed by atoms with Gasteiger partial charge in [0.2, 0.25) is 11.8 Å². The molecule has 0 aromatic heterocycles. The van der Waals surface area contributed by atoms with Gasteiger partial charge in [-0.05, 0) is 32.9 Å². The fourth-order valence-electron chi connectivity index (χ4n) is 3.25. The lowest BCUT2D eigenvalue weighted by atomic mass is 9.82. The second-order valence-corrected chi connectivity index (χ2v) is 8.34. The van der Waals surface area contributed by atoms with Crippen LogP contribution in [0.3, 0.4) is 0 Å². The molecule has 2 aromatic rings. The zero-order valence-corrected chi connectivity index (χ0v) is 18.4. The molecule has 0 aliphatic heterocycles. The minimum absolute atomic E-state index is 0.00460. The van der Waals surface area contributed by atoms with Crippen LogP contribution in [-0.2, 0) is 14.3 Å². The van der Waals surface area contributed by atoms with E-state index in [4.69, 9.17) is 10.5 Å². The Morgan fingerprint density at radius 2 is 1.42 bits per heavy atom. The number of rotatable bonds is 5. The minimum Gasteiger partial charge on any atom is -0.444 e. The summed E-state index contributed by atoms with van der Waals surface area (Å²) in [5, 5.41) is 7.16. The molecular formula is C23H24N4O6. The summed E-state index contributed by atoms with van der Waals surface area (Å²) >= 11 is 0. The lowest BCUT2D eigenvalue weighted by Crippen LogP contribution is -2.42. The zero-order valence-electron chi connectivity index (χ0n) is 18.4. The minimum atomic E-state index is -0.765. The number of fused-ring (bicyclic) bond motifs is 2. The van der Waals surface area contributed by atoms with E-state index < -0.39 is 41.6 Å². The van der Waals surface area contributed by atoms with Crippen LogP contribution >= 0.6 is 0 Å². The van der Waals surface area contributed by atoms with Crippen molar-refractivity contribution < 1.29 is 28.7 Å². The second-order valence-electron chi connectivity index (χ2n) is 8.34. The maximum absolute atomic E-state index is 13.0. The molecular weight excluding hydrogens is 428 g/mol. The van der Waals surface area contributed by atoms with Gasteiger partial charge in [0.25, 0.3) is 0 Å². The normalized spacial score (nSPS) is 12.3. The molecule has 5 N–H and O–H groups in total. The van der Waals surface area contributed by atoms with Gasteiger partial charge in [-0.3, -0.25) is 19.2 Å². The van der Waals surface area contributed by atoms with E-state index in [0.29, 0.717) is 0 Å². The van der Waals surface area contributed by atoms with Gasteiger partial charge in [0.1, 0.15) is 12.1 Å². The second kappa shape index (κ2) is 9.11. The largest absolute Gasteiger partial charge is 0.444 e. The molecule has 2 aromatic carbocycles. The number of alkyl carbamates (subject to hydrolysis) is 1. The molecule has 1 aliphatic carbocycles. The Labute approximate surface area is 189 Å². The van der Waals surface area contributed by atoms with Crippen LogP contribution in [0.15, 0.2) is 36.4 Å². The first-order valence-corrected chi connectivity index (χ1v) is 10.1. The van der Waals surface area contributed by atoms with Crippen molar-refractivity contribution in [3.05, 3.63) is 58.7 Å². The summed E-state index contributed by atoms with van der Waals surface area (Å²) < 4.78 is 5.02. The highest BCUT2D eigenvalue weighted by Crippen LogP contribution is 2.35. The molecule has 0 radical (unpaired) electrons. The molecule has 0 unspecified atom stereocenters. The maximum Gasteiger partial charge on any atom is 0.408 e. The van der Waals surface area contributed by atoms with Gasteiger partial charge in [0.05, 0.1) is 23.4 Å². The zero-order chi connectivity index (χ0) is 24.3. The van der Waals surface area contributed by atoms with E-state index >= 15 is 0 Å². The molecule has 0 atom stereocenters. The Morgan fingerprint density at radius 1 is 0.848 bits per heavy atom. The van der Waals surface area contributed by atoms with Crippen LogP contribution in [-0.4, -0.2) is 48.2 Å². The number of hydrogen-bond acceptors (Lipinski definition) is 7. The Hall–Kier alpha value is -4.21. The summed E-state index contributed by atoms with van der Waals surface area (Å²) in [6.07, 6.45) is -0.765. The number of nitrogens with one attached hydrogen (secondary N) is 3. The maximum atomic E-state index is 13.0. The van der Waals surface area contributed by atoms with E-state index in [1.807, 2.05) is 0 Å². The first-order chi connectivity index (χ1) is 15.5. The number of carbonyl (C=O) groups is 5. The van der Waals surface area contributed by atoms with Crippen molar-refractivity contribution in [2.45, 2.75) is 26.4 Å². The van der Waals surface area contributed by atoms with Gasteiger partial charge in [-0.1, -0.05) is 24.3 Å². The molecule has 0 fully saturated rings. The molecule has 10 heteroatoms. The van der Waals surface area contributed by atoms with Gasteiger partial charge in [-0.15, -0.1) is 0 Å². The number of nitrogens with two attached hydrogens (primary N) is 1. The molecule has 0 bridgehead atoms. The average Bonchev–Trinajstić information content (AvgIpc) is 2.74. The summed E-state index contributed by atoms with van der Waals surface area (Å²) in [7, 11) is 0. The van der Waals surface area contributed by atoms with E-state index in [1.54, 1.807) is 39.0 Å². The number of benzene rings is 2. The van der Waals surface area contributed by atoms with Crippen LogP contribution in [0, 0.1) is 0 Å². The van der Waals surface area contributed by atoms with Crippen molar-refractivity contribution in [2.24, 2.45) is 0 Å². The third-order valence-corrected chi connectivity index (χ3v) is 4.62. The Morgan fingerprint density at radius 3 is 2.03 bits per heavy atom. The van der Waals surface area contributed by atoms with Gasteiger partial charge in [0.15, 0.2) is 11.6 Å². The summed E-state index contributed by atoms with van der Waals surface area (Å²) in [6, 6.07) is 9.22. The molecule has 10 nitrogen and oxygen atoms in total. The summed E-state index contributed by atoms with van der Waals surface area (Å²) in [5.74, 6) is -2.09. The van der Waals surface area contributed by atoms with E-state index in [0.717, 1.165) is 0 Å². The summed E-state index contributed by atoms with van der Waals surface area (Å²) in [4.78, 5) is 61.8. The number of anilines is 2. The number of carbonyl (C=O) groups excluding carboxylic acids is 5. The SMILES string of the molecule is CC(C)(C)OC(=O)NCC(=O)NCC(=O)Nc1ccc(N)c2c1C(=O)c1ccccc1C2=O. The molecule has 33 heavy (non-hydrogen) atoms. The molecule has 3 rings (SSSR count). The fraction of sp³-hybridized carbons (Fsp3) is 0.261. The van der Waals surface area contributed by atoms with E-state index in [-0.39, 0.29) is 40.2 Å². The molecule has 172 valence electrons. The molecule has 0 saturated heterocycles. The number of amides is 3. The monoisotopic (exact) mass is 452 g/mol. The fourth-order valence-corrected chi connectivity index (χ4v) is 3.25. The first kappa shape index (κ1) is 23.5. The topological polar surface area (TPSA) is 157 Å². The highest BCUT2D eigenvalue weighted by Gasteiger charge is 2.33. The van der Waals surface area contributed by atoms with Crippen molar-refractivity contribution in [3.8, 4) is 0 Å². The van der Waals surface area contributed by atoms with Gasteiger partial charge >= 0.3 is 6.09 Å². The Balaban J connectivity index is 1.66. The first-order valence-electron chi connectivity index (χ1n) is 10.1. The van der Waals surface area contributed by atoms with Crippen molar-refractivity contribution >= 4 is 40.8 Å². The van der Waals surface area contributed by atoms with Gasteiger partial charge in [-0.2, -0.15) is 0 Å². The van der Waals surface area contributed by atoms with Crippen LogP contribution in [0.1, 0.15) is 52.6 Å². The van der Waals surface area contributed by atoms with E-state index in [9.17, 15) is 24.0 Å². The summed E-state index contributed by atoms with van der Waals surface area (Å²) in [6.45, 7) is 4.24. The molecule has 0 spiro atoms. The highest BCUT2D eigenvalue weighted by molar-refractivity contribution is 6.32. The van der Waals surface area contributed by atoms with Crippen LogP contribution in [0.25, 0.3) is 0 Å². The smallest absolute Gasteiger partial charge is 0.408 e. The van der Waals surface area contributed by atoms with E-state index in [1.165, 1.54) is 18.2 Å². The van der Waals surface area contributed by atoms with Gasteiger partial charge < -0.3 is 26.4 Å². The van der Waals surface area contributed by atoms with Crippen LogP contribution in [0.5, 0.6) is 0 Å². The Bertz CT molecular complexity index is 1170. The van der Waals surface area contributed by atoms with Crippen molar-refractivity contribution in [2.75, 3.05) is 24.1 Å². The lowest BCUT2D eigenvalue weighted by Gasteiger charge is -2.22. The predicted molar refractivity (Wildman–Crippen MR) is 120 cm³/mol. The molecule has 3 amide bonds. The van der Waals surface area contributed by atoms with Crippen LogP contribution < -0.4 is 21.7 Å². The van der Waals surface area contributed by atoms with Crippen LogP contribution in [0.2, 0.25) is 0 Å². The molecule has 0 saturated carbocycles. The number of ether oxygens (including phenoxy) is 1. The van der Waals surface area contributed by atoms with Gasteiger partial charge in [-0.25, -0.2) is 4.79 Å². The number of nitrogen functional groups attached to an aromatic ring is 1. The predicted octanol–water partition coefficient (Wildman–Crippen LogP) is 1.62. The Kier molecular flexibility index (Phi) is 6.47. The lowest BCUT2D eigenvalue weighted by molar-refractivity contribution is -0.123. The number of ketones is 2. The third-order valence-electron chi connectivity index (χ3n) is 4.62. The van der Waals surface area contributed by atoms with E-state index in [2.05, 4.69) is 16.0 Å². The summed E-state index contributed by atoms with van der Waals surface area (Å²) in [5.41, 5.74) is 5.98. The number of hydrogen-bond donors (Lipinski definition) is 4. The average molecular weight is 452 g/mol. The van der Waals surface area contributed by atoms with Crippen molar-refractivity contribution in [1.29, 1.82) is 0 Å². The molecule has 0 heterocycles. The van der Waals surface area contributed by atoms with Crippen LogP contribution in [0.4, 0.5) is 16.2 Å². The van der Waals surface area contributed by atoms with Crippen molar-refractivity contribution in [1.82, 2.24) is 10.6 Å². The highest BCUT2D eigenvalue weighted by atomic mass is 16.6. The third kappa shape index (κ3) is 5.35.